The molecule has 0 aliphatic carbocycles. The van der Waals surface area contributed by atoms with Crippen LogP contribution in [0.5, 0.6) is 0 Å². The summed E-state index contributed by atoms with van der Waals surface area (Å²) in [4.78, 5) is 39.0. The number of halogens is 2. The van der Waals surface area contributed by atoms with E-state index in [9.17, 15) is 32.3 Å². The average Bonchev–Trinajstić information content (AvgIpc) is 3.19. The fourth-order valence-corrected chi connectivity index (χ4v) is 5.43. The van der Waals surface area contributed by atoms with E-state index in [4.69, 9.17) is 11.6 Å². The number of benzene rings is 2. The van der Waals surface area contributed by atoms with Crippen LogP contribution in [0.4, 0.5) is 10.1 Å². The number of H-pyrrole nitrogens is 1. The zero-order valence-corrected chi connectivity index (χ0v) is 19.0. The lowest BCUT2D eigenvalue weighted by atomic mass is 10.2. The molecule has 0 saturated carbocycles. The quantitative estimate of drug-likeness (QED) is 0.425. The van der Waals surface area contributed by atoms with Crippen LogP contribution in [0.25, 0.3) is 16.6 Å². The summed E-state index contributed by atoms with van der Waals surface area (Å²) in [6.07, 6.45) is 0. The minimum atomic E-state index is -4.20. The highest BCUT2D eigenvalue weighted by molar-refractivity contribution is 7.92. The van der Waals surface area contributed by atoms with Crippen LogP contribution in [0.1, 0.15) is 9.67 Å². The average molecular weight is 510 g/mol. The van der Waals surface area contributed by atoms with Crippen LogP contribution in [-0.2, 0) is 10.0 Å². The zero-order chi connectivity index (χ0) is 24.1. The van der Waals surface area contributed by atoms with E-state index in [1.165, 1.54) is 36.7 Å². The fraction of sp³-hybridized carbons (Fsp3) is 0.0500. The second-order valence-corrected chi connectivity index (χ2v) is 10.0. The molecule has 0 fully saturated rings. The van der Waals surface area contributed by atoms with Crippen molar-refractivity contribution < 1.29 is 22.7 Å². The maximum atomic E-state index is 13.2. The van der Waals surface area contributed by atoms with Gasteiger partial charge in [-0.15, -0.1) is 11.3 Å². The monoisotopic (exact) mass is 509 g/mol. The molecule has 0 saturated heterocycles. The number of fused-ring (bicyclic) bond motifs is 1. The normalized spacial score (nSPS) is 11.6. The number of carboxylic acid groups (broad SMARTS) is 1. The number of hydrogen-bond donors (Lipinski definition) is 2. The van der Waals surface area contributed by atoms with Crippen molar-refractivity contribution in [2.24, 2.45) is 0 Å². The van der Waals surface area contributed by atoms with Crippen LogP contribution < -0.4 is 15.6 Å². The number of carbonyl (C=O) groups is 1. The molecule has 13 heteroatoms. The lowest BCUT2D eigenvalue weighted by Gasteiger charge is -2.20. The number of carboxylic acids is 1. The molecule has 0 unspecified atom stereocenters. The van der Waals surface area contributed by atoms with Crippen molar-refractivity contribution in [2.75, 3.05) is 11.4 Å². The minimum Gasteiger partial charge on any atom is -0.477 e. The van der Waals surface area contributed by atoms with Gasteiger partial charge in [-0.05, 0) is 42.5 Å². The number of anilines is 1. The Balaban J connectivity index is 1.91. The zero-order valence-electron chi connectivity index (χ0n) is 16.6. The maximum Gasteiger partial charge on any atom is 0.346 e. The molecule has 2 heterocycles. The second kappa shape index (κ2) is 8.14. The van der Waals surface area contributed by atoms with Crippen molar-refractivity contribution in [1.29, 1.82) is 0 Å². The molecule has 0 bridgehead atoms. The summed E-state index contributed by atoms with van der Waals surface area (Å²) in [6, 6.07) is 8.17. The molecule has 2 aromatic heterocycles. The molecular formula is C20H13ClFN3O6S2. The summed E-state index contributed by atoms with van der Waals surface area (Å²) < 4.78 is 41.0. The third-order valence-electron chi connectivity index (χ3n) is 4.85. The molecular weight excluding hydrogens is 497 g/mol. The van der Waals surface area contributed by atoms with E-state index in [1.807, 2.05) is 0 Å². The molecule has 0 radical (unpaired) electrons. The summed E-state index contributed by atoms with van der Waals surface area (Å²) in [6.45, 7) is 0. The van der Waals surface area contributed by atoms with Crippen LogP contribution in [0, 0.1) is 5.82 Å². The van der Waals surface area contributed by atoms with E-state index in [0.29, 0.717) is 4.57 Å². The van der Waals surface area contributed by atoms with Crippen molar-refractivity contribution in [1.82, 2.24) is 9.55 Å². The van der Waals surface area contributed by atoms with E-state index >= 15 is 0 Å². The first-order valence-corrected chi connectivity index (χ1v) is 11.8. The van der Waals surface area contributed by atoms with E-state index < -0.39 is 33.1 Å². The summed E-state index contributed by atoms with van der Waals surface area (Å²) in [5.74, 6) is -1.89. The van der Waals surface area contributed by atoms with Crippen molar-refractivity contribution in [3.05, 3.63) is 84.4 Å². The predicted molar refractivity (Wildman–Crippen MR) is 122 cm³/mol. The van der Waals surface area contributed by atoms with Gasteiger partial charge in [0.2, 0.25) is 0 Å². The molecule has 2 N–H and O–H groups in total. The summed E-state index contributed by atoms with van der Waals surface area (Å²) >= 11 is 6.96. The lowest BCUT2D eigenvalue weighted by molar-refractivity contribution is 0.0704. The fourth-order valence-electron chi connectivity index (χ4n) is 3.19. The second-order valence-electron chi connectivity index (χ2n) is 6.79. The molecule has 0 aliphatic heterocycles. The summed E-state index contributed by atoms with van der Waals surface area (Å²) in [5, 5.41) is 10.3. The van der Waals surface area contributed by atoms with Gasteiger partial charge in [0.05, 0.1) is 32.2 Å². The third kappa shape index (κ3) is 3.81. The molecule has 0 amide bonds. The number of aromatic nitrogens is 2. The molecule has 2 aromatic carbocycles. The Bertz CT molecular complexity index is 1640. The van der Waals surface area contributed by atoms with Gasteiger partial charge in [-0.25, -0.2) is 27.0 Å². The number of thiophene rings is 1. The van der Waals surface area contributed by atoms with Crippen LogP contribution >= 0.6 is 22.9 Å². The van der Waals surface area contributed by atoms with Gasteiger partial charge in [0.25, 0.3) is 15.6 Å². The highest BCUT2D eigenvalue weighted by atomic mass is 35.5. The molecule has 9 nitrogen and oxygen atoms in total. The number of rotatable bonds is 5. The maximum absolute atomic E-state index is 13.2. The number of aromatic amines is 1. The lowest BCUT2D eigenvalue weighted by Crippen LogP contribution is -2.34. The Labute approximate surface area is 194 Å². The first-order valence-electron chi connectivity index (χ1n) is 9.06. The molecule has 0 spiro atoms. The first-order chi connectivity index (χ1) is 15.5. The van der Waals surface area contributed by atoms with Crippen molar-refractivity contribution in [3.8, 4) is 5.69 Å². The first kappa shape index (κ1) is 22.7. The summed E-state index contributed by atoms with van der Waals surface area (Å²) in [5.41, 5.74) is -1.92. The Kier molecular flexibility index (Phi) is 5.60. The number of aromatic carboxylic acids is 1. The summed E-state index contributed by atoms with van der Waals surface area (Å²) in [7, 11) is -2.94. The van der Waals surface area contributed by atoms with E-state index in [2.05, 4.69) is 4.98 Å². The smallest absolute Gasteiger partial charge is 0.346 e. The van der Waals surface area contributed by atoms with Crippen LogP contribution in [0.15, 0.2) is 62.3 Å². The highest BCUT2D eigenvalue weighted by Crippen LogP contribution is 2.28. The number of hydrogen-bond acceptors (Lipinski definition) is 6. The predicted octanol–water partition coefficient (Wildman–Crippen LogP) is 3.06. The number of nitrogens with one attached hydrogen (secondary N) is 1. The number of sulfonamides is 1. The van der Waals surface area contributed by atoms with Gasteiger partial charge in [0.15, 0.2) is 0 Å². The van der Waals surface area contributed by atoms with E-state index in [1.54, 1.807) is 0 Å². The van der Waals surface area contributed by atoms with E-state index in [-0.39, 0.29) is 37.1 Å². The van der Waals surface area contributed by atoms with Crippen molar-refractivity contribution in [3.63, 3.8) is 0 Å². The van der Waals surface area contributed by atoms with Gasteiger partial charge in [-0.3, -0.25) is 9.10 Å². The Morgan fingerprint density at radius 3 is 2.48 bits per heavy atom. The molecule has 33 heavy (non-hydrogen) atoms. The van der Waals surface area contributed by atoms with E-state index in [0.717, 1.165) is 33.8 Å². The SMILES string of the molecule is CN(c1ccc(F)cc1)S(=O)(=O)c1ccc(Cl)c(-n2c(=O)[nH]c3csc(C(=O)O)c3c2=O)c1. The topological polar surface area (TPSA) is 130 Å². The van der Waals surface area contributed by atoms with Crippen LogP contribution in [0.3, 0.4) is 0 Å². The molecule has 0 atom stereocenters. The molecule has 4 rings (SSSR count). The van der Waals surface area contributed by atoms with Gasteiger partial charge < -0.3 is 10.1 Å². The Hall–Kier alpha value is -3.48. The molecule has 170 valence electrons. The molecule has 4 aromatic rings. The van der Waals surface area contributed by atoms with Gasteiger partial charge in [0, 0.05) is 12.4 Å². The van der Waals surface area contributed by atoms with Crippen molar-refractivity contribution in [2.45, 2.75) is 4.90 Å². The minimum absolute atomic E-state index is 0.0413. The largest absolute Gasteiger partial charge is 0.477 e. The van der Waals surface area contributed by atoms with Gasteiger partial charge in [-0.1, -0.05) is 11.6 Å². The Morgan fingerprint density at radius 2 is 1.85 bits per heavy atom. The Morgan fingerprint density at radius 1 is 1.18 bits per heavy atom. The van der Waals surface area contributed by atoms with Crippen LogP contribution in [-0.4, -0.2) is 36.1 Å². The van der Waals surface area contributed by atoms with Gasteiger partial charge >= 0.3 is 11.7 Å². The number of nitrogens with zero attached hydrogens (tertiary/aromatic N) is 2. The standard InChI is InChI=1S/C20H13ClFN3O6S2/c1-24(11-4-2-10(22)3-5-11)33(30,31)12-6-7-13(21)15(8-12)25-18(26)16-14(23-20(25)29)9-32-17(16)19(27)28/h2-9H,1H3,(H,23,29)(H,27,28). The van der Waals surface area contributed by atoms with Gasteiger partial charge in [0.1, 0.15) is 10.7 Å². The molecule has 0 aliphatic rings. The highest BCUT2D eigenvalue weighted by Gasteiger charge is 2.25. The van der Waals surface area contributed by atoms with Crippen LogP contribution in [0.2, 0.25) is 5.02 Å². The van der Waals surface area contributed by atoms with Gasteiger partial charge in [-0.2, -0.15) is 0 Å². The third-order valence-corrected chi connectivity index (χ3v) is 7.92. The van der Waals surface area contributed by atoms with Crippen molar-refractivity contribution >= 4 is 55.5 Å².